The Bertz CT molecular complexity index is 977. The summed E-state index contributed by atoms with van der Waals surface area (Å²) in [6.07, 6.45) is 0. The molecule has 0 aliphatic heterocycles. The predicted molar refractivity (Wildman–Crippen MR) is 110 cm³/mol. The highest BCUT2D eigenvalue weighted by atomic mass is 35.5. The number of nitrogens with one attached hydrogen (secondary N) is 2. The van der Waals surface area contributed by atoms with Crippen LogP contribution < -0.4 is 10.6 Å². The van der Waals surface area contributed by atoms with Crippen LogP contribution in [0.2, 0.25) is 5.02 Å². The van der Waals surface area contributed by atoms with Gasteiger partial charge in [0.1, 0.15) is 0 Å². The van der Waals surface area contributed by atoms with Crippen molar-refractivity contribution in [2.24, 2.45) is 0 Å². The van der Waals surface area contributed by atoms with Crippen molar-refractivity contribution < 1.29 is 9.59 Å². The standard InChI is InChI=1S/C18H15ClN4O2S2/c1-11-5-2-3-8-14(11)20-15(24)10-26-18-23-22-17(27-18)21-16(25)12-6-4-7-13(19)9-12/h2-9H,10H2,1H3,(H,20,24)(H,21,22,25). The van der Waals surface area contributed by atoms with E-state index in [0.29, 0.717) is 20.1 Å². The molecule has 9 heteroatoms. The fraction of sp³-hybridized carbons (Fsp3) is 0.111. The SMILES string of the molecule is Cc1ccccc1NC(=O)CSc1nnc(NC(=O)c2cccc(Cl)c2)s1. The smallest absolute Gasteiger partial charge is 0.257 e. The van der Waals surface area contributed by atoms with Crippen molar-refractivity contribution in [1.29, 1.82) is 0 Å². The van der Waals surface area contributed by atoms with Crippen molar-refractivity contribution in [3.8, 4) is 0 Å². The zero-order valence-corrected chi connectivity index (χ0v) is 16.6. The van der Waals surface area contributed by atoms with Gasteiger partial charge in [-0.2, -0.15) is 0 Å². The highest BCUT2D eigenvalue weighted by Gasteiger charge is 2.12. The van der Waals surface area contributed by atoms with Crippen molar-refractivity contribution in [2.75, 3.05) is 16.4 Å². The molecule has 6 nitrogen and oxygen atoms in total. The minimum absolute atomic E-state index is 0.131. The van der Waals surface area contributed by atoms with Gasteiger partial charge in [0.15, 0.2) is 4.34 Å². The van der Waals surface area contributed by atoms with Gasteiger partial charge in [-0.1, -0.05) is 59.0 Å². The van der Waals surface area contributed by atoms with Crippen molar-refractivity contribution in [2.45, 2.75) is 11.3 Å². The van der Waals surface area contributed by atoms with E-state index in [-0.39, 0.29) is 17.6 Å². The van der Waals surface area contributed by atoms with Gasteiger partial charge < -0.3 is 5.32 Å². The first-order valence-corrected chi connectivity index (χ1v) is 10.1. The van der Waals surface area contributed by atoms with Gasteiger partial charge >= 0.3 is 0 Å². The molecule has 0 aliphatic carbocycles. The number of hydrogen-bond donors (Lipinski definition) is 2. The fourth-order valence-electron chi connectivity index (χ4n) is 2.14. The molecular weight excluding hydrogens is 404 g/mol. The summed E-state index contributed by atoms with van der Waals surface area (Å²) in [5.74, 6) is -0.248. The van der Waals surface area contributed by atoms with Gasteiger partial charge in [0.25, 0.3) is 5.91 Å². The second-order valence-corrected chi connectivity index (χ2v) is 8.13. The van der Waals surface area contributed by atoms with Crippen molar-refractivity contribution in [3.63, 3.8) is 0 Å². The molecule has 0 unspecified atom stereocenters. The number of benzene rings is 2. The number of amides is 2. The topological polar surface area (TPSA) is 84.0 Å². The molecule has 0 saturated heterocycles. The van der Waals surface area contributed by atoms with Gasteiger partial charge in [0, 0.05) is 16.3 Å². The van der Waals surface area contributed by atoms with Crippen LogP contribution in [0.5, 0.6) is 0 Å². The minimum atomic E-state index is -0.317. The van der Waals surface area contributed by atoms with Crippen LogP contribution in [0.25, 0.3) is 0 Å². The van der Waals surface area contributed by atoms with Gasteiger partial charge in [-0.25, -0.2) is 0 Å². The minimum Gasteiger partial charge on any atom is -0.325 e. The maximum Gasteiger partial charge on any atom is 0.257 e. The quantitative estimate of drug-likeness (QED) is 0.455. The molecular formula is C18H15ClN4O2S2. The summed E-state index contributed by atoms with van der Waals surface area (Å²) in [6, 6.07) is 14.2. The lowest BCUT2D eigenvalue weighted by atomic mass is 10.2. The molecule has 3 aromatic rings. The van der Waals surface area contributed by atoms with Crippen LogP contribution in [-0.2, 0) is 4.79 Å². The Kier molecular flexibility index (Phi) is 6.44. The van der Waals surface area contributed by atoms with Gasteiger partial charge in [-0.3, -0.25) is 14.9 Å². The number of aryl methyl sites for hydroxylation is 1. The molecule has 1 aromatic heterocycles. The Morgan fingerprint density at radius 1 is 1.11 bits per heavy atom. The number of para-hydroxylation sites is 1. The summed E-state index contributed by atoms with van der Waals surface area (Å²) in [5, 5.41) is 14.3. The summed E-state index contributed by atoms with van der Waals surface area (Å²) < 4.78 is 0.594. The van der Waals surface area contributed by atoms with Crippen molar-refractivity contribution in [1.82, 2.24) is 10.2 Å². The van der Waals surface area contributed by atoms with Crippen molar-refractivity contribution in [3.05, 3.63) is 64.7 Å². The van der Waals surface area contributed by atoms with E-state index >= 15 is 0 Å². The van der Waals surface area contributed by atoms with E-state index in [2.05, 4.69) is 20.8 Å². The first kappa shape index (κ1) is 19.3. The van der Waals surface area contributed by atoms with Crippen LogP contribution >= 0.6 is 34.7 Å². The highest BCUT2D eigenvalue weighted by Crippen LogP contribution is 2.26. The molecule has 0 radical (unpaired) electrons. The highest BCUT2D eigenvalue weighted by molar-refractivity contribution is 8.01. The van der Waals surface area contributed by atoms with Crippen LogP contribution in [-0.4, -0.2) is 27.8 Å². The second kappa shape index (κ2) is 8.98. The zero-order chi connectivity index (χ0) is 19.2. The van der Waals surface area contributed by atoms with Crippen LogP contribution in [0.3, 0.4) is 0 Å². The average Bonchev–Trinajstić information content (AvgIpc) is 3.09. The zero-order valence-electron chi connectivity index (χ0n) is 14.2. The molecule has 0 atom stereocenters. The largest absolute Gasteiger partial charge is 0.325 e. The Morgan fingerprint density at radius 2 is 1.93 bits per heavy atom. The monoisotopic (exact) mass is 418 g/mol. The van der Waals surface area contributed by atoms with E-state index in [1.807, 2.05) is 31.2 Å². The maximum absolute atomic E-state index is 12.2. The number of hydrogen-bond acceptors (Lipinski definition) is 6. The third kappa shape index (κ3) is 5.53. The van der Waals surface area contributed by atoms with Crippen LogP contribution in [0.4, 0.5) is 10.8 Å². The van der Waals surface area contributed by atoms with Crippen LogP contribution in [0.1, 0.15) is 15.9 Å². The number of rotatable bonds is 6. The lowest BCUT2D eigenvalue weighted by Gasteiger charge is -2.06. The van der Waals surface area contributed by atoms with Crippen molar-refractivity contribution >= 4 is 57.3 Å². The summed E-state index contributed by atoms with van der Waals surface area (Å²) in [6.45, 7) is 1.93. The van der Waals surface area contributed by atoms with E-state index in [0.717, 1.165) is 11.3 Å². The van der Waals surface area contributed by atoms with E-state index in [4.69, 9.17) is 11.6 Å². The number of nitrogens with zero attached hydrogens (tertiary/aromatic N) is 2. The number of carbonyl (C=O) groups excluding carboxylic acids is 2. The van der Waals surface area contributed by atoms with E-state index < -0.39 is 0 Å². The Balaban J connectivity index is 1.53. The second-order valence-electron chi connectivity index (χ2n) is 5.49. The van der Waals surface area contributed by atoms with Gasteiger partial charge in [-0.15, -0.1) is 10.2 Å². The maximum atomic E-state index is 12.2. The Hall–Kier alpha value is -2.42. The lowest BCUT2D eigenvalue weighted by molar-refractivity contribution is -0.113. The van der Waals surface area contributed by atoms with Crippen LogP contribution in [0, 0.1) is 6.92 Å². The summed E-state index contributed by atoms with van der Waals surface area (Å²) >= 11 is 8.36. The first-order chi connectivity index (χ1) is 13.0. The van der Waals surface area contributed by atoms with E-state index in [9.17, 15) is 9.59 Å². The van der Waals surface area contributed by atoms with E-state index in [1.54, 1.807) is 24.3 Å². The first-order valence-electron chi connectivity index (χ1n) is 7.90. The fourth-order valence-corrected chi connectivity index (χ4v) is 3.88. The van der Waals surface area contributed by atoms with Gasteiger partial charge in [0.05, 0.1) is 5.75 Å². The molecule has 0 fully saturated rings. The molecule has 2 aromatic carbocycles. The molecule has 3 rings (SSSR count). The molecule has 2 amide bonds. The number of carbonyl (C=O) groups is 2. The molecule has 0 aliphatic rings. The molecule has 0 spiro atoms. The average molecular weight is 419 g/mol. The molecule has 1 heterocycles. The lowest BCUT2D eigenvalue weighted by Crippen LogP contribution is -2.14. The number of thioether (sulfide) groups is 1. The Morgan fingerprint density at radius 3 is 2.70 bits per heavy atom. The molecule has 2 N–H and O–H groups in total. The predicted octanol–water partition coefficient (Wildman–Crippen LogP) is 4.48. The molecule has 27 heavy (non-hydrogen) atoms. The van der Waals surface area contributed by atoms with Crippen LogP contribution in [0.15, 0.2) is 52.9 Å². The van der Waals surface area contributed by atoms with Gasteiger partial charge in [-0.05, 0) is 36.8 Å². The Labute approximate surface area is 169 Å². The molecule has 138 valence electrons. The van der Waals surface area contributed by atoms with E-state index in [1.165, 1.54) is 23.1 Å². The summed E-state index contributed by atoms with van der Waals surface area (Å²) in [4.78, 5) is 24.3. The number of anilines is 2. The summed E-state index contributed by atoms with van der Waals surface area (Å²) in [5.41, 5.74) is 2.22. The molecule has 0 saturated carbocycles. The third-order valence-electron chi connectivity index (χ3n) is 3.46. The number of aromatic nitrogens is 2. The summed E-state index contributed by atoms with van der Waals surface area (Å²) in [7, 11) is 0. The normalized spacial score (nSPS) is 10.4. The third-order valence-corrected chi connectivity index (χ3v) is 5.67. The molecule has 0 bridgehead atoms. The van der Waals surface area contributed by atoms with Gasteiger partial charge in [0.2, 0.25) is 11.0 Å². The number of halogens is 1.